The predicted molar refractivity (Wildman–Crippen MR) is 75.9 cm³/mol. The summed E-state index contributed by atoms with van der Waals surface area (Å²) in [5, 5.41) is 0. The van der Waals surface area contributed by atoms with Crippen molar-refractivity contribution in [2.75, 3.05) is 20.7 Å². The molecule has 0 spiro atoms. The van der Waals surface area contributed by atoms with Crippen molar-refractivity contribution >= 4 is 34.3 Å². The summed E-state index contributed by atoms with van der Waals surface area (Å²) in [6.45, 7) is 0.747. The molecule has 0 saturated carbocycles. The van der Waals surface area contributed by atoms with Crippen LogP contribution >= 0.6 is 22.6 Å². The normalized spacial score (nSPS) is 19.8. The third kappa shape index (κ3) is 2.71. The van der Waals surface area contributed by atoms with Gasteiger partial charge < -0.3 is 14.4 Å². The van der Waals surface area contributed by atoms with Crippen LogP contribution in [0.2, 0.25) is 0 Å². The van der Waals surface area contributed by atoms with Crippen LogP contribution in [0.25, 0.3) is 0 Å². The highest BCUT2D eigenvalue weighted by atomic mass is 127. The predicted octanol–water partition coefficient (Wildman–Crippen LogP) is 2.92. The molecule has 0 radical (unpaired) electrons. The van der Waals surface area contributed by atoms with Crippen LogP contribution in [-0.2, 0) is 4.74 Å². The quantitative estimate of drug-likeness (QED) is 0.774. The molecule has 1 aliphatic rings. The monoisotopic (exact) mass is 344 g/mol. The summed E-state index contributed by atoms with van der Waals surface area (Å²) >= 11 is 2.16. The lowest BCUT2D eigenvalue weighted by Gasteiger charge is -2.08. The van der Waals surface area contributed by atoms with Crippen LogP contribution in [0.3, 0.4) is 0 Å². The number of rotatable bonds is 2. The molecule has 1 aromatic rings. The molecular weight excluding hydrogens is 331 g/mol. The van der Waals surface area contributed by atoms with Crippen LogP contribution in [0.4, 0.5) is 5.69 Å². The number of para-hydroxylation sites is 2. The Bertz CT molecular complexity index is 471. The summed E-state index contributed by atoms with van der Waals surface area (Å²) in [5.74, 6) is 1.64. The molecule has 1 fully saturated rings. The number of hydrogen-bond donors (Lipinski definition) is 0. The molecule has 1 saturated heterocycles. The van der Waals surface area contributed by atoms with E-state index in [2.05, 4.69) is 27.6 Å². The van der Waals surface area contributed by atoms with Crippen LogP contribution in [0.5, 0.6) is 5.75 Å². The van der Waals surface area contributed by atoms with Crippen molar-refractivity contribution in [2.24, 2.45) is 4.99 Å². The summed E-state index contributed by atoms with van der Waals surface area (Å²) in [4.78, 5) is 6.41. The lowest BCUT2D eigenvalue weighted by molar-refractivity contribution is 0.413. The second-order valence-electron chi connectivity index (χ2n) is 3.60. The highest BCUT2D eigenvalue weighted by Crippen LogP contribution is 2.28. The highest BCUT2D eigenvalue weighted by Gasteiger charge is 2.21. The van der Waals surface area contributed by atoms with Crippen molar-refractivity contribution in [2.45, 2.75) is 0 Å². The second-order valence-corrected chi connectivity index (χ2v) is 4.22. The number of hydrogen-bond acceptors (Lipinski definition) is 3. The summed E-state index contributed by atoms with van der Waals surface area (Å²) in [6, 6.07) is 8.21. The number of methoxy groups -OCH3 is 1. The smallest absolute Gasteiger partial charge is 0.298 e. The van der Waals surface area contributed by atoms with Gasteiger partial charge in [-0.2, -0.15) is 4.99 Å². The van der Waals surface area contributed by atoms with Gasteiger partial charge in [-0.25, -0.2) is 0 Å². The van der Waals surface area contributed by atoms with E-state index in [0.29, 0.717) is 6.02 Å². The fraction of sp³-hybridized carbons (Fsp3) is 0.250. The lowest BCUT2D eigenvalue weighted by Crippen LogP contribution is -2.19. The molecule has 0 atom stereocenters. The second kappa shape index (κ2) is 5.39. The molecule has 1 heterocycles. The molecule has 5 heteroatoms. The third-order valence-electron chi connectivity index (χ3n) is 2.36. The van der Waals surface area contributed by atoms with Gasteiger partial charge in [0.25, 0.3) is 6.02 Å². The Labute approximate surface area is 114 Å². The maximum absolute atomic E-state index is 5.60. The van der Waals surface area contributed by atoms with Crippen LogP contribution in [0, 0.1) is 0 Å². The molecular formula is C12H13IN2O2. The molecule has 1 aromatic carbocycles. The van der Waals surface area contributed by atoms with E-state index < -0.39 is 0 Å². The number of halogens is 1. The first-order chi connectivity index (χ1) is 8.24. The average Bonchev–Trinajstić information content (AvgIpc) is 2.71. The first kappa shape index (κ1) is 12.2. The van der Waals surface area contributed by atoms with Gasteiger partial charge in [-0.3, -0.25) is 0 Å². The standard InChI is InChI=1S/C12H13IN2O2/c1-15-8-9(7-13)17-12(15)14-10-5-3-4-6-11(10)16-2/h3-7H,8H2,1-2H3/b9-7-,14-12?. The highest BCUT2D eigenvalue weighted by molar-refractivity contribution is 14.1. The van der Waals surface area contributed by atoms with Gasteiger partial charge in [0.1, 0.15) is 17.2 Å². The SMILES string of the molecule is COc1ccccc1N=C1O/C(=C\I)CN1C. The van der Waals surface area contributed by atoms with Gasteiger partial charge in [0.05, 0.1) is 13.7 Å². The van der Waals surface area contributed by atoms with Crippen LogP contribution in [-0.4, -0.2) is 31.6 Å². The minimum Gasteiger partial charge on any atom is -0.494 e. The maximum Gasteiger partial charge on any atom is 0.298 e. The lowest BCUT2D eigenvalue weighted by atomic mass is 10.3. The number of likely N-dealkylation sites (N-methyl/N-ethyl adjacent to an activating group) is 1. The average molecular weight is 344 g/mol. The van der Waals surface area contributed by atoms with E-state index in [0.717, 1.165) is 23.7 Å². The van der Waals surface area contributed by atoms with Crippen molar-refractivity contribution in [3.8, 4) is 5.75 Å². The van der Waals surface area contributed by atoms with Crippen molar-refractivity contribution < 1.29 is 9.47 Å². The zero-order valence-corrected chi connectivity index (χ0v) is 11.8. The first-order valence-electron chi connectivity index (χ1n) is 5.14. The molecule has 1 aliphatic heterocycles. The number of ether oxygens (including phenoxy) is 2. The molecule has 2 rings (SSSR count). The van der Waals surface area contributed by atoms with Gasteiger partial charge in [0.15, 0.2) is 0 Å². The molecule has 0 amide bonds. The largest absolute Gasteiger partial charge is 0.494 e. The van der Waals surface area contributed by atoms with Crippen LogP contribution < -0.4 is 4.74 Å². The fourth-order valence-electron chi connectivity index (χ4n) is 1.52. The zero-order chi connectivity index (χ0) is 12.3. The van der Waals surface area contributed by atoms with Crippen molar-refractivity contribution in [3.63, 3.8) is 0 Å². The first-order valence-corrected chi connectivity index (χ1v) is 6.39. The van der Waals surface area contributed by atoms with Gasteiger partial charge >= 0.3 is 0 Å². The minimum absolute atomic E-state index is 0.595. The van der Waals surface area contributed by atoms with Gasteiger partial charge in [-0.15, -0.1) is 0 Å². The van der Waals surface area contributed by atoms with Gasteiger partial charge in [0.2, 0.25) is 0 Å². The van der Waals surface area contributed by atoms with Gasteiger partial charge in [0, 0.05) is 11.1 Å². The van der Waals surface area contributed by atoms with E-state index in [-0.39, 0.29) is 0 Å². The molecule has 0 unspecified atom stereocenters. The van der Waals surface area contributed by atoms with E-state index >= 15 is 0 Å². The molecule has 90 valence electrons. The Hall–Kier alpha value is -1.24. The summed E-state index contributed by atoms with van der Waals surface area (Å²) < 4.78 is 12.8. The zero-order valence-electron chi connectivity index (χ0n) is 9.68. The van der Waals surface area contributed by atoms with Crippen molar-refractivity contribution in [1.82, 2.24) is 4.90 Å². The number of benzene rings is 1. The number of amidine groups is 1. The van der Waals surface area contributed by atoms with E-state index in [9.17, 15) is 0 Å². The van der Waals surface area contributed by atoms with E-state index in [1.54, 1.807) is 7.11 Å². The van der Waals surface area contributed by atoms with Crippen molar-refractivity contribution in [3.05, 3.63) is 34.1 Å². The topological polar surface area (TPSA) is 34.1 Å². The Morgan fingerprint density at radius 3 is 2.88 bits per heavy atom. The Kier molecular flexibility index (Phi) is 3.88. The minimum atomic E-state index is 0.595. The number of nitrogens with zero attached hydrogens (tertiary/aromatic N) is 2. The van der Waals surface area contributed by atoms with Gasteiger partial charge in [-0.05, 0) is 34.7 Å². The fourth-order valence-corrected chi connectivity index (χ4v) is 1.84. The van der Waals surface area contributed by atoms with Crippen LogP contribution in [0.15, 0.2) is 39.1 Å². The summed E-state index contributed by atoms with van der Waals surface area (Å²) in [7, 11) is 3.58. The van der Waals surface area contributed by atoms with E-state index in [4.69, 9.17) is 9.47 Å². The van der Waals surface area contributed by atoms with Gasteiger partial charge in [-0.1, -0.05) is 12.1 Å². The molecule has 0 bridgehead atoms. The number of aliphatic imine (C=N–C) groups is 1. The maximum atomic E-state index is 5.60. The molecule has 17 heavy (non-hydrogen) atoms. The van der Waals surface area contributed by atoms with E-state index in [1.165, 1.54) is 0 Å². The Balaban J connectivity index is 2.30. The van der Waals surface area contributed by atoms with E-state index in [1.807, 2.05) is 40.3 Å². The molecule has 0 N–H and O–H groups in total. The third-order valence-corrected chi connectivity index (χ3v) is 3.06. The Morgan fingerprint density at radius 1 is 1.47 bits per heavy atom. The van der Waals surface area contributed by atoms with Crippen molar-refractivity contribution in [1.29, 1.82) is 0 Å². The molecule has 4 nitrogen and oxygen atoms in total. The molecule has 0 aromatic heterocycles. The summed E-state index contributed by atoms with van der Waals surface area (Å²) in [5.41, 5.74) is 0.770. The Morgan fingerprint density at radius 2 is 2.24 bits per heavy atom. The summed E-state index contributed by atoms with van der Waals surface area (Å²) in [6.07, 6.45) is 0. The molecule has 0 aliphatic carbocycles. The van der Waals surface area contributed by atoms with Crippen LogP contribution in [0.1, 0.15) is 0 Å².